The van der Waals surface area contributed by atoms with E-state index in [1.807, 2.05) is 19.1 Å². The Kier molecular flexibility index (Phi) is 2.64. The van der Waals surface area contributed by atoms with Crippen LogP contribution in [0.2, 0.25) is 0 Å². The van der Waals surface area contributed by atoms with Crippen LogP contribution in [0.1, 0.15) is 18.1 Å². The third-order valence-corrected chi connectivity index (χ3v) is 1.73. The maximum absolute atomic E-state index is 5.61. The fourth-order valence-corrected chi connectivity index (χ4v) is 1.11. The maximum atomic E-state index is 5.61. The zero-order valence-electron chi connectivity index (χ0n) is 7.09. The SMILES string of the molecule is [B]=C(C)Cc1ccccc1C. The normalized spacial score (nSPS) is 9.55. The first kappa shape index (κ1) is 8.25. The Labute approximate surface area is 69.3 Å². The van der Waals surface area contributed by atoms with Gasteiger partial charge in [-0.2, -0.15) is 0 Å². The standard InChI is InChI=1S/C10H12B/c1-8-5-3-4-6-10(8)7-9(2)11/h3-6H,7H2,1-2H3. The van der Waals surface area contributed by atoms with Crippen molar-refractivity contribution < 1.29 is 0 Å². The van der Waals surface area contributed by atoms with Crippen molar-refractivity contribution in [3.63, 3.8) is 0 Å². The van der Waals surface area contributed by atoms with Gasteiger partial charge in [-0.3, -0.25) is 0 Å². The van der Waals surface area contributed by atoms with Crippen molar-refractivity contribution in [1.29, 1.82) is 0 Å². The first-order chi connectivity index (χ1) is 5.20. The zero-order chi connectivity index (χ0) is 8.27. The molecule has 0 atom stereocenters. The Balaban J connectivity index is 2.86. The molecule has 1 radical (unpaired) electrons. The van der Waals surface area contributed by atoms with E-state index in [9.17, 15) is 0 Å². The summed E-state index contributed by atoms with van der Waals surface area (Å²) in [6.07, 6.45) is 0.896. The van der Waals surface area contributed by atoms with E-state index in [1.54, 1.807) is 0 Å². The zero-order valence-corrected chi connectivity index (χ0v) is 7.09. The molecule has 0 saturated heterocycles. The van der Waals surface area contributed by atoms with E-state index in [0.29, 0.717) is 0 Å². The van der Waals surface area contributed by atoms with Gasteiger partial charge in [-0.25, -0.2) is 0 Å². The van der Waals surface area contributed by atoms with Gasteiger partial charge in [0.2, 0.25) is 0 Å². The van der Waals surface area contributed by atoms with E-state index < -0.39 is 0 Å². The molecule has 0 aromatic heterocycles. The molecular weight excluding hydrogens is 131 g/mol. The van der Waals surface area contributed by atoms with E-state index in [1.165, 1.54) is 11.1 Å². The average molecular weight is 143 g/mol. The molecule has 0 nitrogen and oxygen atoms in total. The molecule has 0 aliphatic heterocycles. The van der Waals surface area contributed by atoms with Gasteiger partial charge in [0, 0.05) is 0 Å². The molecule has 0 aliphatic carbocycles. The van der Waals surface area contributed by atoms with Crippen LogP contribution in [0.25, 0.3) is 0 Å². The quantitative estimate of drug-likeness (QED) is 0.554. The average Bonchev–Trinajstić information content (AvgIpc) is 1.93. The summed E-state index contributed by atoms with van der Waals surface area (Å²) in [5.41, 5.74) is 3.61. The molecule has 0 bridgehead atoms. The number of aryl methyl sites for hydroxylation is 1. The molecule has 1 rings (SSSR count). The van der Waals surface area contributed by atoms with E-state index in [-0.39, 0.29) is 0 Å². The minimum atomic E-state index is 0.896. The molecule has 0 heterocycles. The molecule has 0 aliphatic rings. The topological polar surface area (TPSA) is 0 Å². The summed E-state index contributed by atoms with van der Waals surface area (Å²) in [4.78, 5) is 0. The van der Waals surface area contributed by atoms with Gasteiger partial charge in [0.1, 0.15) is 0 Å². The number of hydrogen-bond donors (Lipinski definition) is 0. The van der Waals surface area contributed by atoms with Crippen LogP contribution in [0, 0.1) is 6.92 Å². The van der Waals surface area contributed by atoms with Crippen LogP contribution >= 0.6 is 0 Å². The summed E-state index contributed by atoms with van der Waals surface area (Å²) in [7, 11) is 5.61. The van der Waals surface area contributed by atoms with Crippen molar-refractivity contribution in [3.8, 4) is 0 Å². The molecule has 55 valence electrons. The summed E-state index contributed by atoms with van der Waals surface area (Å²) >= 11 is 0. The van der Waals surface area contributed by atoms with Gasteiger partial charge in [0.25, 0.3) is 0 Å². The molecule has 0 amide bonds. The summed E-state index contributed by atoms with van der Waals surface area (Å²) in [5, 5.41) is 0. The van der Waals surface area contributed by atoms with Crippen LogP contribution in [-0.2, 0) is 6.42 Å². The van der Waals surface area contributed by atoms with Crippen LogP contribution in [0.15, 0.2) is 24.3 Å². The fraction of sp³-hybridized carbons (Fsp3) is 0.300. The van der Waals surface area contributed by atoms with Gasteiger partial charge in [0.15, 0.2) is 0 Å². The number of rotatable bonds is 2. The van der Waals surface area contributed by atoms with Crippen molar-refractivity contribution >= 4 is 13.0 Å². The van der Waals surface area contributed by atoms with Crippen molar-refractivity contribution in [2.45, 2.75) is 20.3 Å². The van der Waals surface area contributed by atoms with Crippen LogP contribution in [0.5, 0.6) is 0 Å². The third kappa shape index (κ3) is 2.34. The predicted octanol–water partition coefficient (Wildman–Crippen LogP) is 1.90. The molecule has 1 aromatic carbocycles. The Bertz CT molecular complexity index is 263. The van der Waals surface area contributed by atoms with Crippen LogP contribution in [-0.4, -0.2) is 13.0 Å². The van der Waals surface area contributed by atoms with Gasteiger partial charge in [-0.05, 0) is 0 Å². The predicted molar refractivity (Wildman–Crippen MR) is 51.3 cm³/mol. The summed E-state index contributed by atoms with van der Waals surface area (Å²) in [5.74, 6) is 0. The molecule has 0 fully saturated rings. The second-order valence-corrected chi connectivity index (χ2v) is 2.95. The summed E-state index contributed by atoms with van der Waals surface area (Å²) < 4.78 is 0. The van der Waals surface area contributed by atoms with Gasteiger partial charge in [-0.15, -0.1) is 0 Å². The van der Waals surface area contributed by atoms with E-state index in [0.717, 1.165) is 11.9 Å². The second-order valence-electron chi connectivity index (χ2n) is 2.95. The summed E-state index contributed by atoms with van der Waals surface area (Å²) in [6.45, 7) is 4.06. The molecule has 0 unspecified atom stereocenters. The number of hydrogen-bond acceptors (Lipinski definition) is 0. The van der Waals surface area contributed by atoms with Gasteiger partial charge in [-0.1, -0.05) is 0 Å². The molecule has 0 saturated carbocycles. The van der Waals surface area contributed by atoms with Crippen LogP contribution in [0.4, 0.5) is 0 Å². The molecule has 0 N–H and O–H groups in total. The third-order valence-electron chi connectivity index (χ3n) is 1.73. The summed E-state index contributed by atoms with van der Waals surface area (Å²) in [6, 6.07) is 8.32. The van der Waals surface area contributed by atoms with Crippen molar-refractivity contribution in [2.75, 3.05) is 0 Å². The van der Waals surface area contributed by atoms with Crippen LogP contribution in [0.3, 0.4) is 0 Å². The van der Waals surface area contributed by atoms with Gasteiger partial charge >= 0.3 is 68.6 Å². The molecule has 0 spiro atoms. The monoisotopic (exact) mass is 143 g/mol. The molecular formula is C10H12B. The van der Waals surface area contributed by atoms with Crippen molar-refractivity contribution in [2.24, 2.45) is 0 Å². The molecule has 1 aromatic rings. The second kappa shape index (κ2) is 3.52. The fourth-order valence-electron chi connectivity index (χ4n) is 1.11. The first-order valence-electron chi connectivity index (χ1n) is 3.82. The molecule has 11 heavy (non-hydrogen) atoms. The van der Waals surface area contributed by atoms with Gasteiger partial charge in [0.05, 0.1) is 0 Å². The van der Waals surface area contributed by atoms with Crippen molar-refractivity contribution in [1.82, 2.24) is 0 Å². The van der Waals surface area contributed by atoms with E-state index in [2.05, 4.69) is 19.1 Å². The Morgan fingerprint density at radius 3 is 2.55 bits per heavy atom. The number of benzene rings is 1. The van der Waals surface area contributed by atoms with E-state index in [4.69, 9.17) is 7.49 Å². The molecule has 1 heteroatoms. The van der Waals surface area contributed by atoms with E-state index >= 15 is 0 Å². The Morgan fingerprint density at radius 2 is 2.00 bits per heavy atom. The Hall–Kier alpha value is -0.845. The van der Waals surface area contributed by atoms with Crippen LogP contribution < -0.4 is 0 Å². The Morgan fingerprint density at radius 1 is 1.36 bits per heavy atom. The van der Waals surface area contributed by atoms with Gasteiger partial charge < -0.3 is 0 Å². The van der Waals surface area contributed by atoms with Crippen molar-refractivity contribution in [3.05, 3.63) is 35.4 Å². The minimum absolute atomic E-state index is 0.896. The first-order valence-corrected chi connectivity index (χ1v) is 3.82.